The maximum atomic E-state index is 8.60. The molecule has 0 aliphatic heterocycles. The number of halogens is 1. The first-order valence-electron chi connectivity index (χ1n) is 3.45. The molecule has 12 heavy (non-hydrogen) atoms. The molecule has 0 radical (unpaired) electrons. The summed E-state index contributed by atoms with van der Waals surface area (Å²) in [5.74, 6) is -0.293. The smallest absolute Gasteiger partial charge is 0.0871 e. The van der Waals surface area contributed by atoms with Gasteiger partial charge in [0.25, 0.3) is 0 Å². The Morgan fingerprint density at radius 2 is 2.42 bits per heavy atom. The lowest BCUT2D eigenvalue weighted by Crippen LogP contribution is -1.97. The normalized spacial score (nSPS) is 12.1. The maximum Gasteiger partial charge on any atom is 0.0871 e. The molecular formula is C8H8ClN3. The number of nitrogens with two attached hydrogens (primary N) is 1. The van der Waals surface area contributed by atoms with E-state index < -0.39 is 0 Å². The SMILES string of the molecule is C[C@@H](C#N)c1ncc(N)cc1Cl. The minimum absolute atomic E-state index is 0.293. The molecule has 0 saturated carbocycles. The van der Waals surface area contributed by atoms with Crippen LogP contribution in [0.2, 0.25) is 5.02 Å². The van der Waals surface area contributed by atoms with Crippen molar-refractivity contribution in [3.8, 4) is 6.07 Å². The Bertz CT molecular complexity index is 330. The summed E-state index contributed by atoms with van der Waals surface area (Å²) in [6.07, 6.45) is 1.50. The summed E-state index contributed by atoms with van der Waals surface area (Å²) in [5, 5.41) is 9.05. The van der Waals surface area contributed by atoms with Gasteiger partial charge in [0.15, 0.2) is 0 Å². The van der Waals surface area contributed by atoms with Gasteiger partial charge in [-0.05, 0) is 13.0 Å². The molecule has 0 aromatic carbocycles. The van der Waals surface area contributed by atoms with E-state index in [1.807, 2.05) is 0 Å². The molecule has 62 valence electrons. The molecule has 0 saturated heterocycles. The monoisotopic (exact) mass is 181 g/mol. The molecule has 4 heteroatoms. The Hall–Kier alpha value is -1.27. The maximum absolute atomic E-state index is 8.60. The topological polar surface area (TPSA) is 62.7 Å². The van der Waals surface area contributed by atoms with Crippen molar-refractivity contribution >= 4 is 17.3 Å². The Labute approximate surface area is 75.8 Å². The summed E-state index contributed by atoms with van der Waals surface area (Å²) in [6, 6.07) is 3.65. The van der Waals surface area contributed by atoms with E-state index in [9.17, 15) is 0 Å². The highest BCUT2D eigenvalue weighted by atomic mass is 35.5. The highest BCUT2D eigenvalue weighted by Crippen LogP contribution is 2.22. The zero-order valence-corrected chi connectivity index (χ0v) is 7.34. The number of hydrogen-bond donors (Lipinski definition) is 1. The van der Waals surface area contributed by atoms with Crippen LogP contribution in [-0.4, -0.2) is 4.98 Å². The molecule has 2 N–H and O–H groups in total. The highest BCUT2D eigenvalue weighted by molar-refractivity contribution is 6.31. The molecule has 0 aliphatic carbocycles. The lowest BCUT2D eigenvalue weighted by Gasteiger charge is -2.04. The second kappa shape index (κ2) is 3.42. The van der Waals surface area contributed by atoms with E-state index in [1.54, 1.807) is 13.0 Å². The van der Waals surface area contributed by atoms with Gasteiger partial charge in [0.1, 0.15) is 0 Å². The van der Waals surface area contributed by atoms with Gasteiger partial charge in [0, 0.05) is 0 Å². The number of rotatable bonds is 1. The van der Waals surface area contributed by atoms with E-state index in [4.69, 9.17) is 22.6 Å². The number of nitrogen functional groups attached to an aromatic ring is 1. The molecule has 1 heterocycles. The summed E-state index contributed by atoms with van der Waals surface area (Å²) >= 11 is 5.81. The van der Waals surface area contributed by atoms with Crippen molar-refractivity contribution in [3.63, 3.8) is 0 Å². The molecule has 0 unspecified atom stereocenters. The second-order valence-electron chi connectivity index (χ2n) is 2.49. The van der Waals surface area contributed by atoms with Crippen LogP contribution in [0.3, 0.4) is 0 Å². The third-order valence-electron chi connectivity index (χ3n) is 1.49. The van der Waals surface area contributed by atoms with E-state index in [2.05, 4.69) is 11.1 Å². The van der Waals surface area contributed by atoms with Crippen LogP contribution in [0, 0.1) is 11.3 Å². The molecule has 0 spiro atoms. The molecule has 1 atom stereocenters. The fourth-order valence-electron chi connectivity index (χ4n) is 0.843. The number of nitrogens with zero attached hydrogens (tertiary/aromatic N) is 2. The van der Waals surface area contributed by atoms with Crippen LogP contribution in [0.1, 0.15) is 18.5 Å². The van der Waals surface area contributed by atoms with Gasteiger partial charge in [0.2, 0.25) is 0 Å². The molecule has 0 aliphatic rings. The van der Waals surface area contributed by atoms with Crippen LogP contribution in [0.25, 0.3) is 0 Å². The van der Waals surface area contributed by atoms with Gasteiger partial charge in [-0.1, -0.05) is 11.6 Å². The Kier molecular flexibility index (Phi) is 2.51. The van der Waals surface area contributed by atoms with Crippen LogP contribution >= 0.6 is 11.6 Å². The minimum Gasteiger partial charge on any atom is -0.397 e. The van der Waals surface area contributed by atoms with E-state index in [-0.39, 0.29) is 5.92 Å². The average molecular weight is 182 g/mol. The summed E-state index contributed by atoms with van der Waals surface area (Å²) < 4.78 is 0. The summed E-state index contributed by atoms with van der Waals surface area (Å²) in [5.41, 5.74) is 6.52. The summed E-state index contributed by atoms with van der Waals surface area (Å²) in [7, 11) is 0. The number of nitriles is 1. The Morgan fingerprint density at radius 3 is 2.92 bits per heavy atom. The van der Waals surface area contributed by atoms with E-state index in [0.29, 0.717) is 16.4 Å². The minimum atomic E-state index is -0.293. The molecule has 1 aromatic rings. The molecule has 0 amide bonds. The fourth-order valence-corrected chi connectivity index (χ4v) is 1.18. The van der Waals surface area contributed by atoms with Crippen molar-refractivity contribution < 1.29 is 0 Å². The zero-order valence-electron chi connectivity index (χ0n) is 6.58. The summed E-state index contributed by atoms with van der Waals surface area (Å²) in [6.45, 7) is 1.74. The average Bonchev–Trinajstić information content (AvgIpc) is 2.03. The third-order valence-corrected chi connectivity index (χ3v) is 1.80. The number of hydrogen-bond acceptors (Lipinski definition) is 3. The fraction of sp³-hybridized carbons (Fsp3) is 0.250. The lowest BCUT2D eigenvalue weighted by molar-refractivity contribution is 0.921. The van der Waals surface area contributed by atoms with Crippen LogP contribution < -0.4 is 5.73 Å². The molecule has 3 nitrogen and oxygen atoms in total. The molecular weight excluding hydrogens is 174 g/mol. The van der Waals surface area contributed by atoms with Gasteiger partial charge in [0.05, 0.1) is 34.6 Å². The Balaban J connectivity index is 3.11. The van der Waals surface area contributed by atoms with Crippen molar-refractivity contribution in [3.05, 3.63) is 23.0 Å². The summed E-state index contributed by atoms with van der Waals surface area (Å²) in [4.78, 5) is 3.97. The molecule has 1 aromatic heterocycles. The van der Waals surface area contributed by atoms with Crippen LogP contribution in [0.4, 0.5) is 5.69 Å². The number of anilines is 1. The largest absolute Gasteiger partial charge is 0.397 e. The van der Waals surface area contributed by atoms with Crippen LogP contribution in [-0.2, 0) is 0 Å². The van der Waals surface area contributed by atoms with E-state index in [1.165, 1.54) is 6.20 Å². The van der Waals surface area contributed by atoms with E-state index in [0.717, 1.165) is 0 Å². The van der Waals surface area contributed by atoms with Crippen molar-refractivity contribution in [2.24, 2.45) is 0 Å². The predicted molar refractivity (Wildman–Crippen MR) is 47.7 cm³/mol. The standard InChI is InChI=1S/C8H8ClN3/c1-5(3-10)8-7(9)2-6(11)4-12-8/h2,4-5H,11H2,1H3/t5-/m0/s1. The van der Waals surface area contributed by atoms with Gasteiger partial charge < -0.3 is 5.73 Å². The third kappa shape index (κ3) is 1.66. The Morgan fingerprint density at radius 1 is 1.75 bits per heavy atom. The zero-order chi connectivity index (χ0) is 9.14. The van der Waals surface area contributed by atoms with E-state index >= 15 is 0 Å². The van der Waals surface area contributed by atoms with Crippen molar-refractivity contribution in [1.82, 2.24) is 4.98 Å². The van der Waals surface area contributed by atoms with Gasteiger partial charge in [-0.15, -0.1) is 0 Å². The van der Waals surface area contributed by atoms with Crippen molar-refractivity contribution in [1.29, 1.82) is 5.26 Å². The van der Waals surface area contributed by atoms with Crippen LogP contribution in [0.15, 0.2) is 12.3 Å². The second-order valence-corrected chi connectivity index (χ2v) is 2.89. The van der Waals surface area contributed by atoms with Crippen molar-refractivity contribution in [2.75, 3.05) is 5.73 Å². The van der Waals surface area contributed by atoms with Crippen LogP contribution in [0.5, 0.6) is 0 Å². The molecule has 0 fully saturated rings. The first kappa shape index (κ1) is 8.82. The highest BCUT2D eigenvalue weighted by Gasteiger charge is 2.09. The number of pyridine rings is 1. The van der Waals surface area contributed by atoms with Gasteiger partial charge in [-0.3, -0.25) is 4.98 Å². The first-order valence-corrected chi connectivity index (χ1v) is 3.83. The van der Waals surface area contributed by atoms with Gasteiger partial charge in [-0.2, -0.15) is 5.26 Å². The van der Waals surface area contributed by atoms with Gasteiger partial charge in [-0.25, -0.2) is 0 Å². The molecule has 0 bridgehead atoms. The van der Waals surface area contributed by atoms with Gasteiger partial charge >= 0.3 is 0 Å². The van der Waals surface area contributed by atoms with Crippen molar-refractivity contribution in [2.45, 2.75) is 12.8 Å². The lowest BCUT2D eigenvalue weighted by atomic mass is 10.1. The first-order chi connectivity index (χ1) is 5.65. The molecule has 1 rings (SSSR count). The number of aromatic nitrogens is 1. The predicted octanol–water partition coefficient (Wildman–Crippen LogP) is 1.94. The quantitative estimate of drug-likeness (QED) is 0.720.